The SMILES string of the molecule is CCNC(=O)CC1CCCCN1Cc1ncc(-c2ccc(F)cc2)o1. The van der Waals surface area contributed by atoms with E-state index in [2.05, 4.69) is 15.2 Å². The van der Waals surface area contributed by atoms with E-state index in [1.165, 1.54) is 12.1 Å². The Bertz CT molecular complexity index is 699. The van der Waals surface area contributed by atoms with Crippen LogP contribution in [0, 0.1) is 5.82 Å². The molecule has 3 rings (SSSR count). The highest BCUT2D eigenvalue weighted by Crippen LogP contribution is 2.25. The molecule has 1 amide bonds. The molecule has 0 radical (unpaired) electrons. The Kier molecular flexibility index (Phi) is 5.81. The highest BCUT2D eigenvalue weighted by atomic mass is 19.1. The maximum atomic E-state index is 13.0. The molecule has 1 atom stereocenters. The Labute approximate surface area is 147 Å². The number of nitrogens with one attached hydrogen (secondary N) is 1. The van der Waals surface area contributed by atoms with Gasteiger partial charge in [-0.05, 0) is 50.6 Å². The van der Waals surface area contributed by atoms with Gasteiger partial charge in [0.25, 0.3) is 0 Å². The van der Waals surface area contributed by atoms with Gasteiger partial charge in [0.2, 0.25) is 11.8 Å². The van der Waals surface area contributed by atoms with Crippen molar-refractivity contribution in [1.82, 2.24) is 15.2 Å². The van der Waals surface area contributed by atoms with Gasteiger partial charge in [0.1, 0.15) is 5.82 Å². The van der Waals surface area contributed by atoms with E-state index >= 15 is 0 Å². The Morgan fingerprint density at radius 2 is 2.16 bits per heavy atom. The van der Waals surface area contributed by atoms with Gasteiger partial charge >= 0.3 is 0 Å². The summed E-state index contributed by atoms with van der Waals surface area (Å²) in [5, 5.41) is 2.87. The van der Waals surface area contributed by atoms with Crippen LogP contribution in [0.5, 0.6) is 0 Å². The average Bonchev–Trinajstić information content (AvgIpc) is 3.06. The second-order valence-corrected chi connectivity index (χ2v) is 6.40. The fraction of sp³-hybridized carbons (Fsp3) is 0.474. The van der Waals surface area contributed by atoms with E-state index in [4.69, 9.17) is 4.42 Å². The van der Waals surface area contributed by atoms with Crippen LogP contribution in [0.15, 0.2) is 34.9 Å². The predicted octanol–water partition coefficient (Wildman–Crippen LogP) is 3.36. The van der Waals surface area contributed by atoms with Crippen LogP contribution in [0.2, 0.25) is 0 Å². The number of likely N-dealkylation sites (tertiary alicyclic amines) is 1. The van der Waals surface area contributed by atoms with Crippen molar-refractivity contribution in [2.75, 3.05) is 13.1 Å². The third-order valence-electron chi connectivity index (χ3n) is 4.56. The smallest absolute Gasteiger partial charge is 0.221 e. The minimum absolute atomic E-state index is 0.0961. The topological polar surface area (TPSA) is 58.4 Å². The third kappa shape index (κ3) is 4.66. The number of piperidine rings is 1. The Morgan fingerprint density at radius 1 is 1.36 bits per heavy atom. The molecule has 1 aromatic heterocycles. The first kappa shape index (κ1) is 17.6. The van der Waals surface area contributed by atoms with Gasteiger partial charge in [0.05, 0.1) is 12.7 Å². The van der Waals surface area contributed by atoms with Crippen molar-refractivity contribution < 1.29 is 13.6 Å². The van der Waals surface area contributed by atoms with Gasteiger partial charge < -0.3 is 9.73 Å². The summed E-state index contributed by atoms with van der Waals surface area (Å²) in [5.74, 6) is 1.08. The van der Waals surface area contributed by atoms with Gasteiger partial charge in [0.15, 0.2) is 5.76 Å². The molecule has 134 valence electrons. The van der Waals surface area contributed by atoms with Crippen LogP contribution in [-0.2, 0) is 11.3 Å². The zero-order valence-corrected chi connectivity index (χ0v) is 14.5. The minimum Gasteiger partial charge on any atom is -0.439 e. The lowest BCUT2D eigenvalue weighted by molar-refractivity contribution is -0.122. The summed E-state index contributed by atoms with van der Waals surface area (Å²) in [5.41, 5.74) is 0.803. The number of benzene rings is 1. The van der Waals surface area contributed by atoms with Gasteiger partial charge in [-0.3, -0.25) is 9.69 Å². The van der Waals surface area contributed by atoms with Crippen LogP contribution < -0.4 is 5.32 Å². The van der Waals surface area contributed by atoms with E-state index in [0.29, 0.717) is 31.2 Å². The number of halogens is 1. The second kappa shape index (κ2) is 8.25. The van der Waals surface area contributed by atoms with E-state index in [9.17, 15) is 9.18 Å². The molecule has 2 heterocycles. The van der Waals surface area contributed by atoms with Crippen LogP contribution in [0.25, 0.3) is 11.3 Å². The molecule has 1 saturated heterocycles. The van der Waals surface area contributed by atoms with Crippen LogP contribution in [0.3, 0.4) is 0 Å². The van der Waals surface area contributed by atoms with Crippen LogP contribution >= 0.6 is 0 Å². The van der Waals surface area contributed by atoms with Crippen molar-refractivity contribution in [3.8, 4) is 11.3 Å². The van der Waals surface area contributed by atoms with Gasteiger partial charge in [-0.1, -0.05) is 6.42 Å². The number of carbonyl (C=O) groups excluding carboxylic acids is 1. The summed E-state index contributed by atoms with van der Waals surface area (Å²) in [7, 11) is 0. The summed E-state index contributed by atoms with van der Waals surface area (Å²) < 4.78 is 18.9. The molecule has 2 aromatic rings. The quantitative estimate of drug-likeness (QED) is 0.872. The van der Waals surface area contributed by atoms with E-state index in [1.54, 1.807) is 18.3 Å². The van der Waals surface area contributed by atoms with E-state index < -0.39 is 0 Å². The van der Waals surface area contributed by atoms with Crippen molar-refractivity contribution in [2.24, 2.45) is 0 Å². The predicted molar refractivity (Wildman–Crippen MR) is 93.2 cm³/mol. The summed E-state index contributed by atoms with van der Waals surface area (Å²) >= 11 is 0. The number of nitrogens with zero attached hydrogens (tertiary/aromatic N) is 2. The molecule has 1 aromatic carbocycles. The molecule has 25 heavy (non-hydrogen) atoms. The fourth-order valence-electron chi connectivity index (χ4n) is 3.29. The van der Waals surface area contributed by atoms with Gasteiger partial charge in [0, 0.05) is 24.6 Å². The molecule has 1 unspecified atom stereocenters. The largest absolute Gasteiger partial charge is 0.439 e. The number of carbonyl (C=O) groups is 1. The summed E-state index contributed by atoms with van der Waals surface area (Å²) in [6.45, 7) is 4.12. The lowest BCUT2D eigenvalue weighted by Gasteiger charge is -2.34. The maximum absolute atomic E-state index is 13.0. The molecule has 1 aliphatic rings. The average molecular weight is 345 g/mol. The van der Waals surface area contributed by atoms with Crippen molar-refractivity contribution >= 4 is 5.91 Å². The molecule has 5 nitrogen and oxygen atoms in total. The van der Waals surface area contributed by atoms with E-state index in [-0.39, 0.29) is 17.8 Å². The standard InChI is InChI=1S/C19H24FN3O2/c1-2-21-18(24)11-16-5-3-4-10-23(16)13-19-22-12-17(25-19)14-6-8-15(20)9-7-14/h6-9,12,16H,2-5,10-11,13H2,1H3,(H,21,24). The third-order valence-corrected chi connectivity index (χ3v) is 4.56. The van der Waals surface area contributed by atoms with Gasteiger partial charge in [-0.25, -0.2) is 9.37 Å². The summed E-state index contributed by atoms with van der Waals surface area (Å²) in [6, 6.07) is 6.40. The second-order valence-electron chi connectivity index (χ2n) is 6.40. The molecular formula is C19H24FN3O2. The molecule has 1 fully saturated rings. The van der Waals surface area contributed by atoms with Crippen molar-refractivity contribution in [2.45, 2.75) is 45.2 Å². The molecule has 1 aliphatic heterocycles. The van der Waals surface area contributed by atoms with E-state index in [1.807, 2.05) is 6.92 Å². The lowest BCUT2D eigenvalue weighted by atomic mass is 9.99. The van der Waals surface area contributed by atoms with Gasteiger partial charge in [-0.15, -0.1) is 0 Å². The van der Waals surface area contributed by atoms with Crippen molar-refractivity contribution in [3.63, 3.8) is 0 Å². The highest BCUT2D eigenvalue weighted by Gasteiger charge is 2.26. The highest BCUT2D eigenvalue weighted by molar-refractivity contribution is 5.76. The maximum Gasteiger partial charge on any atom is 0.221 e. The lowest BCUT2D eigenvalue weighted by Crippen LogP contribution is -2.42. The number of hydrogen-bond acceptors (Lipinski definition) is 4. The summed E-state index contributed by atoms with van der Waals surface area (Å²) in [6.07, 6.45) is 5.47. The first-order valence-corrected chi connectivity index (χ1v) is 8.87. The van der Waals surface area contributed by atoms with Gasteiger partial charge in [-0.2, -0.15) is 0 Å². The normalized spacial score (nSPS) is 18.2. The van der Waals surface area contributed by atoms with Crippen LogP contribution in [0.4, 0.5) is 4.39 Å². The molecule has 6 heteroatoms. The number of oxazole rings is 1. The monoisotopic (exact) mass is 345 g/mol. The molecule has 0 saturated carbocycles. The Hall–Kier alpha value is -2.21. The Balaban J connectivity index is 1.65. The zero-order chi connectivity index (χ0) is 17.6. The Morgan fingerprint density at radius 3 is 2.92 bits per heavy atom. The summed E-state index contributed by atoms with van der Waals surface area (Å²) in [4.78, 5) is 18.6. The first-order chi connectivity index (χ1) is 12.2. The minimum atomic E-state index is -0.273. The molecule has 1 N–H and O–H groups in total. The van der Waals surface area contributed by atoms with Crippen LogP contribution in [-0.4, -0.2) is 34.9 Å². The zero-order valence-electron chi connectivity index (χ0n) is 14.5. The molecule has 0 aliphatic carbocycles. The van der Waals surface area contributed by atoms with Crippen LogP contribution in [0.1, 0.15) is 38.5 Å². The number of hydrogen-bond donors (Lipinski definition) is 1. The number of rotatable bonds is 6. The van der Waals surface area contributed by atoms with E-state index in [0.717, 1.165) is 31.4 Å². The number of amides is 1. The van der Waals surface area contributed by atoms with Crippen molar-refractivity contribution in [1.29, 1.82) is 0 Å². The number of aromatic nitrogens is 1. The molecule has 0 spiro atoms. The molecule has 0 bridgehead atoms. The fourth-order valence-corrected chi connectivity index (χ4v) is 3.29. The molecular weight excluding hydrogens is 321 g/mol. The van der Waals surface area contributed by atoms with Crippen molar-refractivity contribution in [3.05, 3.63) is 42.2 Å². The first-order valence-electron chi connectivity index (χ1n) is 8.87.